The summed E-state index contributed by atoms with van der Waals surface area (Å²) >= 11 is 3.37. The summed E-state index contributed by atoms with van der Waals surface area (Å²) in [6, 6.07) is 11.1. The topological polar surface area (TPSA) is 57.7 Å². The zero-order valence-corrected chi connectivity index (χ0v) is 15.8. The second kappa shape index (κ2) is 6.86. The molecule has 25 heavy (non-hydrogen) atoms. The molecule has 1 atom stereocenters. The highest BCUT2D eigenvalue weighted by molar-refractivity contribution is 9.10. The number of hydrogen-bond donors (Lipinski definition) is 0. The summed E-state index contributed by atoms with van der Waals surface area (Å²) in [4.78, 5) is 14.3. The first-order valence-electron chi connectivity index (χ1n) is 7.65. The molecule has 1 aliphatic rings. The van der Waals surface area contributed by atoms with Crippen LogP contribution in [0.2, 0.25) is 0 Å². The van der Waals surface area contributed by atoms with Crippen molar-refractivity contribution in [2.75, 3.05) is 18.0 Å². The minimum absolute atomic E-state index is 0.0237. The maximum atomic E-state index is 13.1. The summed E-state index contributed by atoms with van der Waals surface area (Å²) < 4.78 is 40.6. The average Bonchev–Trinajstić information content (AvgIpc) is 2.57. The lowest BCUT2D eigenvalue weighted by Gasteiger charge is -2.38. The Morgan fingerprint density at radius 2 is 1.80 bits per heavy atom. The van der Waals surface area contributed by atoms with Gasteiger partial charge in [0.05, 0.1) is 4.90 Å². The number of carbonyl (C=O) groups excluding carboxylic acids is 1. The van der Waals surface area contributed by atoms with E-state index >= 15 is 0 Å². The third-order valence-corrected chi connectivity index (χ3v) is 6.62. The molecule has 0 radical (unpaired) electrons. The van der Waals surface area contributed by atoms with Gasteiger partial charge in [0.25, 0.3) is 0 Å². The maximum absolute atomic E-state index is 13.1. The smallest absolute Gasteiger partial charge is 0.245 e. The van der Waals surface area contributed by atoms with E-state index in [9.17, 15) is 17.6 Å². The lowest BCUT2D eigenvalue weighted by atomic mass is 10.2. The molecule has 1 amide bonds. The predicted molar refractivity (Wildman–Crippen MR) is 96.2 cm³/mol. The highest BCUT2D eigenvalue weighted by atomic mass is 79.9. The van der Waals surface area contributed by atoms with Gasteiger partial charge in [-0.05, 0) is 49.4 Å². The van der Waals surface area contributed by atoms with Crippen molar-refractivity contribution in [2.45, 2.75) is 17.9 Å². The van der Waals surface area contributed by atoms with E-state index in [-0.39, 0.29) is 23.9 Å². The number of nitrogens with zero attached hydrogens (tertiary/aromatic N) is 2. The van der Waals surface area contributed by atoms with Crippen LogP contribution in [0.3, 0.4) is 0 Å². The van der Waals surface area contributed by atoms with E-state index in [1.807, 2.05) is 18.2 Å². The van der Waals surface area contributed by atoms with Gasteiger partial charge in [0.15, 0.2) is 0 Å². The van der Waals surface area contributed by atoms with Gasteiger partial charge in [-0.25, -0.2) is 12.8 Å². The number of rotatable bonds is 3. The van der Waals surface area contributed by atoms with Crippen LogP contribution >= 0.6 is 15.9 Å². The highest BCUT2D eigenvalue weighted by Gasteiger charge is 2.39. The highest BCUT2D eigenvalue weighted by Crippen LogP contribution is 2.27. The molecule has 0 aromatic heterocycles. The molecular weight excluding hydrogens is 411 g/mol. The monoisotopic (exact) mass is 426 g/mol. The molecule has 1 aliphatic heterocycles. The van der Waals surface area contributed by atoms with E-state index in [0.29, 0.717) is 5.69 Å². The second-order valence-electron chi connectivity index (χ2n) is 5.72. The van der Waals surface area contributed by atoms with E-state index in [1.165, 1.54) is 12.1 Å². The molecule has 3 rings (SSSR count). The van der Waals surface area contributed by atoms with Crippen molar-refractivity contribution >= 4 is 37.5 Å². The molecule has 0 saturated carbocycles. The summed E-state index contributed by atoms with van der Waals surface area (Å²) in [5, 5.41) is 0. The maximum Gasteiger partial charge on any atom is 0.245 e. The number of sulfonamides is 1. The van der Waals surface area contributed by atoms with Gasteiger partial charge in [-0.3, -0.25) is 4.79 Å². The molecule has 1 heterocycles. The molecule has 0 spiro atoms. The molecule has 2 aromatic rings. The number of amides is 1. The molecule has 8 heteroatoms. The molecule has 1 saturated heterocycles. The molecule has 132 valence electrons. The summed E-state index contributed by atoms with van der Waals surface area (Å²) in [7, 11) is -3.86. The molecule has 0 unspecified atom stereocenters. The number of piperazine rings is 1. The first kappa shape index (κ1) is 18.0. The van der Waals surface area contributed by atoms with Gasteiger partial charge < -0.3 is 4.90 Å². The van der Waals surface area contributed by atoms with Crippen LogP contribution in [-0.4, -0.2) is 37.8 Å². The Kier molecular flexibility index (Phi) is 4.95. The number of halogens is 2. The van der Waals surface area contributed by atoms with E-state index in [1.54, 1.807) is 17.9 Å². The lowest BCUT2D eigenvalue weighted by molar-refractivity contribution is -0.123. The first-order chi connectivity index (χ1) is 11.8. The van der Waals surface area contributed by atoms with Crippen LogP contribution in [-0.2, 0) is 14.8 Å². The molecule has 0 bridgehead atoms. The van der Waals surface area contributed by atoms with Crippen molar-refractivity contribution in [3.05, 3.63) is 58.8 Å². The van der Waals surface area contributed by atoms with Gasteiger partial charge in [-0.1, -0.05) is 22.0 Å². The second-order valence-corrected chi connectivity index (χ2v) is 8.52. The minimum atomic E-state index is -3.86. The van der Waals surface area contributed by atoms with Crippen LogP contribution in [0.5, 0.6) is 0 Å². The van der Waals surface area contributed by atoms with E-state index in [2.05, 4.69) is 15.9 Å². The fraction of sp³-hybridized carbons (Fsp3) is 0.235. The number of carbonyl (C=O) groups is 1. The van der Waals surface area contributed by atoms with Gasteiger partial charge in [-0.15, -0.1) is 0 Å². The van der Waals surface area contributed by atoms with Gasteiger partial charge in [0.1, 0.15) is 11.9 Å². The van der Waals surface area contributed by atoms with Crippen molar-refractivity contribution in [1.29, 1.82) is 0 Å². The van der Waals surface area contributed by atoms with Crippen LogP contribution in [0.1, 0.15) is 6.92 Å². The molecular formula is C17H16BrFN2O3S. The van der Waals surface area contributed by atoms with E-state index in [0.717, 1.165) is 20.9 Å². The Morgan fingerprint density at radius 3 is 2.44 bits per heavy atom. The Bertz CT molecular complexity index is 902. The normalized spacial score (nSPS) is 19.2. The lowest BCUT2D eigenvalue weighted by Crippen LogP contribution is -2.57. The third-order valence-electron chi connectivity index (χ3n) is 4.14. The molecule has 2 aromatic carbocycles. The Morgan fingerprint density at radius 1 is 1.12 bits per heavy atom. The predicted octanol–water partition coefficient (Wildman–Crippen LogP) is 3.01. The molecule has 0 N–H and O–H groups in total. The summed E-state index contributed by atoms with van der Waals surface area (Å²) in [6.45, 7) is 1.98. The molecule has 5 nitrogen and oxygen atoms in total. The standard InChI is InChI=1S/C17H16BrFN2O3S/c1-12-17(22)20(15-4-2-3-13(18)11-15)9-10-21(12)25(23,24)16-7-5-14(19)6-8-16/h2-8,11-12H,9-10H2,1H3/t12-/m1/s1. The van der Waals surface area contributed by atoms with E-state index < -0.39 is 21.9 Å². The van der Waals surface area contributed by atoms with Crippen LogP contribution < -0.4 is 4.90 Å². The number of anilines is 1. The average molecular weight is 427 g/mol. The first-order valence-corrected chi connectivity index (χ1v) is 9.88. The molecule has 1 fully saturated rings. The van der Waals surface area contributed by atoms with Crippen molar-refractivity contribution in [3.8, 4) is 0 Å². The number of benzene rings is 2. The van der Waals surface area contributed by atoms with Crippen LogP contribution in [0.15, 0.2) is 57.9 Å². The summed E-state index contributed by atoms with van der Waals surface area (Å²) in [6.07, 6.45) is 0. The van der Waals surface area contributed by atoms with E-state index in [4.69, 9.17) is 0 Å². The van der Waals surface area contributed by atoms with Crippen molar-refractivity contribution in [1.82, 2.24) is 4.31 Å². The quantitative estimate of drug-likeness (QED) is 0.757. The van der Waals surface area contributed by atoms with Crippen molar-refractivity contribution < 1.29 is 17.6 Å². The van der Waals surface area contributed by atoms with Gasteiger partial charge in [0.2, 0.25) is 15.9 Å². The van der Waals surface area contributed by atoms with Crippen LogP contribution in [0.25, 0.3) is 0 Å². The Hall–Kier alpha value is -1.77. The largest absolute Gasteiger partial charge is 0.310 e. The van der Waals surface area contributed by atoms with Crippen molar-refractivity contribution in [3.63, 3.8) is 0 Å². The summed E-state index contributed by atoms with van der Waals surface area (Å²) in [5.41, 5.74) is 0.713. The Balaban J connectivity index is 1.87. The van der Waals surface area contributed by atoms with Crippen LogP contribution in [0.4, 0.5) is 10.1 Å². The third kappa shape index (κ3) is 3.47. The zero-order valence-electron chi connectivity index (χ0n) is 13.4. The number of hydrogen-bond acceptors (Lipinski definition) is 3. The zero-order chi connectivity index (χ0) is 18.2. The van der Waals surface area contributed by atoms with Gasteiger partial charge in [0, 0.05) is 23.2 Å². The fourth-order valence-electron chi connectivity index (χ4n) is 2.82. The minimum Gasteiger partial charge on any atom is -0.310 e. The van der Waals surface area contributed by atoms with Crippen molar-refractivity contribution in [2.24, 2.45) is 0 Å². The SMILES string of the molecule is C[C@@H]1C(=O)N(c2cccc(Br)c2)CCN1S(=O)(=O)c1ccc(F)cc1. The molecule has 0 aliphatic carbocycles. The van der Waals surface area contributed by atoms with Gasteiger partial charge >= 0.3 is 0 Å². The van der Waals surface area contributed by atoms with Gasteiger partial charge in [-0.2, -0.15) is 4.31 Å². The fourth-order valence-corrected chi connectivity index (χ4v) is 4.79. The summed E-state index contributed by atoms with van der Waals surface area (Å²) in [5.74, 6) is -0.808. The Labute approximate surface area is 154 Å². The van der Waals surface area contributed by atoms with Crippen LogP contribution in [0, 0.1) is 5.82 Å².